The van der Waals surface area contributed by atoms with Crippen LogP contribution in [0.15, 0.2) is 16.7 Å². The van der Waals surface area contributed by atoms with Crippen molar-refractivity contribution in [2.75, 3.05) is 20.2 Å². The molecular formula is C12H19NO2. The maximum Gasteiger partial charge on any atom is 0.106 e. The van der Waals surface area contributed by atoms with Gasteiger partial charge in [0.1, 0.15) is 5.76 Å². The van der Waals surface area contributed by atoms with Crippen molar-refractivity contribution in [2.24, 2.45) is 0 Å². The van der Waals surface area contributed by atoms with Gasteiger partial charge in [0.05, 0.1) is 11.9 Å². The highest BCUT2D eigenvalue weighted by Crippen LogP contribution is 2.25. The number of ether oxygens (including phenoxy) is 1. The molecule has 0 amide bonds. The van der Waals surface area contributed by atoms with Gasteiger partial charge in [-0.25, -0.2) is 0 Å². The molecule has 0 aromatic carbocycles. The minimum absolute atomic E-state index is 0.0669. The minimum atomic E-state index is -0.0669. The molecule has 3 heteroatoms. The van der Waals surface area contributed by atoms with Gasteiger partial charge in [-0.05, 0) is 37.9 Å². The molecule has 0 bridgehead atoms. The van der Waals surface area contributed by atoms with Crippen molar-refractivity contribution in [2.45, 2.75) is 31.8 Å². The summed E-state index contributed by atoms with van der Waals surface area (Å²) in [6, 6.07) is 2.09. The van der Waals surface area contributed by atoms with Gasteiger partial charge >= 0.3 is 0 Å². The van der Waals surface area contributed by atoms with Gasteiger partial charge in [-0.15, -0.1) is 0 Å². The topological polar surface area (TPSA) is 34.4 Å². The van der Waals surface area contributed by atoms with Crippen molar-refractivity contribution in [1.82, 2.24) is 5.32 Å². The molecular weight excluding hydrogens is 190 g/mol. The van der Waals surface area contributed by atoms with Crippen LogP contribution >= 0.6 is 0 Å². The van der Waals surface area contributed by atoms with E-state index in [0.717, 1.165) is 31.7 Å². The summed E-state index contributed by atoms with van der Waals surface area (Å²) in [6.07, 6.45) is 4.95. The lowest BCUT2D eigenvalue weighted by atomic mass is 9.89. The van der Waals surface area contributed by atoms with E-state index in [1.165, 1.54) is 12.0 Å². The molecule has 84 valence electrons. The first-order valence-corrected chi connectivity index (χ1v) is 5.54. The third kappa shape index (κ3) is 2.41. The number of hydrogen-bond donors (Lipinski definition) is 1. The molecule has 0 saturated carbocycles. The van der Waals surface area contributed by atoms with Crippen molar-refractivity contribution >= 4 is 0 Å². The molecule has 1 atom stereocenters. The first kappa shape index (κ1) is 10.7. The van der Waals surface area contributed by atoms with E-state index in [4.69, 9.17) is 9.15 Å². The first-order valence-electron chi connectivity index (χ1n) is 5.54. The van der Waals surface area contributed by atoms with Gasteiger partial charge < -0.3 is 14.5 Å². The summed E-state index contributed by atoms with van der Waals surface area (Å²) in [6.45, 7) is 4.07. The normalized spacial score (nSPS) is 26.8. The minimum Gasteiger partial charge on any atom is -0.469 e. The Kier molecular flexibility index (Phi) is 3.12. The molecule has 1 unspecified atom stereocenters. The number of piperidine rings is 1. The molecule has 1 aromatic heterocycles. The number of nitrogens with one attached hydrogen (secondary N) is 1. The standard InChI is InChI=1S/C12H19NO2/c1-10-6-11(15-8-10)7-12(14-2)4-3-5-13-9-12/h6,8,13H,3-5,7,9H2,1-2H3. The summed E-state index contributed by atoms with van der Waals surface area (Å²) in [5, 5.41) is 3.39. The number of methoxy groups -OCH3 is 1. The van der Waals surface area contributed by atoms with Gasteiger partial charge in [0.2, 0.25) is 0 Å². The Balaban J connectivity index is 2.06. The fourth-order valence-electron chi connectivity index (χ4n) is 2.24. The average Bonchev–Trinajstić information content (AvgIpc) is 2.65. The van der Waals surface area contributed by atoms with Gasteiger partial charge in [0.25, 0.3) is 0 Å². The fourth-order valence-corrected chi connectivity index (χ4v) is 2.24. The molecule has 2 rings (SSSR count). The Morgan fingerprint density at radius 1 is 1.60 bits per heavy atom. The second kappa shape index (κ2) is 4.37. The van der Waals surface area contributed by atoms with Crippen molar-refractivity contribution in [3.63, 3.8) is 0 Å². The van der Waals surface area contributed by atoms with Crippen LogP contribution in [0.1, 0.15) is 24.2 Å². The molecule has 0 aliphatic carbocycles. The third-order valence-electron chi connectivity index (χ3n) is 3.15. The van der Waals surface area contributed by atoms with E-state index in [-0.39, 0.29) is 5.60 Å². The zero-order chi connectivity index (χ0) is 10.7. The number of furan rings is 1. The predicted molar refractivity (Wildman–Crippen MR) is 59.0 cm³/mol. The van der Waals surface area contributed by atoms with Gasteiger partial charge in [-0.1, -0.05) is 0 Å². The maximum atomic E-state index is 5.67. The molecule has 0 radical (unpaired) electrons. The lowest BCUT2D eigenvalue weighted by Gasteiger charge is -2.35. The fraction of sp³-hybridized carbons (Fsp3) is 0.667. The largest absolute Gasteiger partial charge is 0.469 e. The van der Waals surface area contributed by atoms with Crippen molar-refractivity contribution in [3.8, 4) is 0 Å². The molecule has 1 saturated heterocycles. The molecule has 3 nitrogen and oxygen atoms in total. The first-order chi connectivity index (χ1) is 7.24. The third-order valence-corrected chi connectivity index (χ3v) is 3.15. The highest BCUT2D eigenvalue weighted by Gasteiger charge is 2.33. The monoisotopic (exact) mass is 209 g/mol. The van der Waals surface area contributed by atoms with Crippen molar-refractivity contribution in [1.29, 1.82) is 0 Å². The smallest absolute Gasteiger partial charge is 0.106 e. The highest BCUT2D eigenvalue weighted by molar-refractivity contribution is 5.13. The van der Waals surface area contributed by atoms with Gasteiger partial charge in [0, 0.05) is 20.1 Å². The summed E-state index contributed by atoms with van der Waals surface area (Å²) < 4.78 is 11.2. The van der Waals surface area contributed by atoms with Crippen LogP contribution in [0.2, 0.25) is 0 Å². The van der Waals surface area contributed by atoms with E-state index in [0.29, 0.717) is 0 Å². The number of rotatable bonds is 3. The van der Waals surface area contributed by atoms with Crippen LogP contribution in [0.3, 0.4) is 0 Å². The van der Waals surface area contributed by atoms with Crippen molar-refractivity contribution in [3.05, 3.63) is 23.7 Å². The average molecular weight is 209 g/mol. The second-order valence-corrected chi connectivity index (χ2v) is 4.43. The van der Waals surface area contributed by atoms with Crippen LogP contribution in [-0.2, 0) is 11.2 Å². The zero-order valence-corrected chi connectivity index (χ0v) is 9.51. The van der Waals surface area contributed by atoms with E-state index in [2.05, 4.69) is 11.4 Å². The number of aryl methyl sites for hydroxylation is 1. The Labute approximate surface area is 90.8 Å². The van der Waals surface area contributed by atoms with E-state index in [1.54, 1.807) is 13.4 Å². The van der Waals surface area contributed by atoms with Crippen molar-refractivity contribution < 1.29 is 9.15 Å². The molecule has 1 aliphatic heterocycles. The van der Waals surface area contributed by atoms with E-state index in [1.807, 2.05) is 6.92 Å². The quantitative estimate of drug-likeness (QED) is 0.825. The summed E-state index contributed by atoms with van der Waals surface area (Å²) in [7, 11) is 1.79. The van der Waals surface area contributed by atoms with Crippen LogP contribution in [0, 0.1) is 6.92 Å². The Morgan fingerprint density at radius 2 is 2.47 bits per heavy atom. The van der Waals surface area contributed by atoms with Crippen LogP contribution in [0.25, 0.3) is 0 Å². The summed E-state index contributed by atoms with van der Waals surface area (Å²) in [5.41, 5.74) is 1.11. The second-order valence-electron chi connectivity index (χ2n) is 4.43. The molecule has 2 heterocycles. The lowest BCUT2D eigenvalue weighted by Crippen LogP contribution is -2.48. The Hall–Kier alpha value is -0.800. The van der Waals surface area contributed by atoms with Gasteiger partial charge in [0.15, 0.2) is 0 Å². The number of hydrogen-bond acceptors (Lipinski definition) is 3. The highest BCUT2D eigenvalue weighted by atomic mass is 16.5. The molecule has 1 N–H and O–H groups in total. The van der Waals surface area contributed by atoms with Crippen LogP contribution < -0.4 is 5.32 Å². The van der Waals surface area contributed by atoms with Crippen LogP contribution in [0.5, 0.6) is 0 Å². The van der Waals surface area contributed by atoms with Gasteiger partial charge in [-0.3, -0.25) is 0 Å². The van der Waals surface area contributed by atoms with Gasteiger partial charge in [-0.2, -0.15) is 0 Å². The summed E-state index contributed by atoms with van der Waals surface area (Å²) in [4.78, 5) is 0. The maximum absolute atomic E-state index is 5.67. The molecule has 1 aliphatic rings. The van der Waals surface area contributed by atoms with Crippen LogP contribution in [0.4, 0.5) is 0 Å². The SMILES string of the molecule is COC1(Cc2cc(C)co2)CCCNC1. The molecule has 1 fully saturated rings. The zero-order valence-electron chi connectivity index (χ0n) is 9.51. The predicted octanol–water partition coefficient (Wildman–Crippen LogP) is 1.90. The molecule has 0 spiro atoms. The Bertz CT molecular complexity index is 313. The molecule has 1 aromatic rings. The summed E-state index contributed by atoms with van der Waals surface area (Å²) >= 11 is 0. The lowest BCUT2D eigenvalue weighted by molar-refractivity contribution is -0.0311. The van der Waals surface area contributed by atoms with E-state index >= 15 is 0 Å². The van der Waals surface area contributed by atoms with Crippen LogP contribution in [-0.4, -0.2) is 25.8 Å². The summed E-state index contributed by atoms with van der Waals surface area (Å²) in [5.74, 6) is 1.03. The van der Waals surface area contributed by atoms with E-state index in [9.17, 15) is 0 Å². The Morgan fingerprint density at radius 3 is 3.00 bits per heavy atom. The molecule has 15 heavy (non-hydrogen) atoms. The van der Waals surface area contributed by atoms with E-state index < -0.39 is 0 Å².